The molecule has 0 aliphatic heterocycles. The number of ether oxygens (including phenoxy) is 2. The molecule has 0 heterocycles. The Balaban J connectivity index is 4.22. The molecule has 0 aromatic heterocycles. The van der Waals surface area contributed by atoms with Crippen LogP contribution in [-0.2, 0) is 14.3 Å². The molecule has 0 aliphatic rings. The van der Waals surface area contributed by atoms with E-state index in [1.54, 1.807) is 13.8 Å². The molecule has 70 valence electrons. The topological polar surface area (TPSA) is 58.6 Å². The minimum atomic E-state index is -0.615. The lowest BCUT2D eigenvalue weighted by atomic mass is 10.3. The van der Waals surface area contributed by atoms with Gasteiger partial charge in [0.1, 0.15) is 0 Å². The van der Waals surface area contributed by atoms with Crippen molar-refractivity contribution in [2.24, 2.45) is 0 Å². The van der Waals surface area contributed by atoms with E-state index in [-0.39, 0.29) is 18.8 Å². The maximum Gasteiger partial charge on any atom is 0.335 e. The van der Waals surface area contributed by atoms with Crippen LogP contribution in [0.2, 0.25) is 0 Å². The lowest BCUT2D eigenvalue weighted by Gasteiger charge is -2.15. The minimum absolute atomic E-state index is 0.0151. The molecule has 0 fully saturated rings. The standard InChI is InChI=1S/C8H14O4/c1-4-11-7(9)6(3)8(10)12-5-2/h9H,4-5H2,1-3H3/p-1/b7-6-. The van der Waals surface area contributed by atoms with Crippen molar-refractivity contribution < 1.29 is 19.4 Å². The van der Waals surface area contributed by atoms with E-state index in [2.05, 4.69) is 9.47 Å². The summed E-state index contributed by atoms with van der Waals surface area (Å²) in [6, 6.07) is 0. The largest absolute Gasteiger partial charge is 0.613 e. The normalized spacial score (nSPS) is 11.9. The maximum absolute atomic E-state index is 10.9. The van der Waals surface area contributed by atoms with Crippen LogP contribution in [0.4, 0.5) is 0 Å². The van der Waals surface area contributed by atoms with Gasteiger partial charge in [-0.15, -0.1) is 0 Å². The quantitative estimate of drug-likeness (QED) is 0.345. The Hall–Kier alpha value is -1.19. The van der Waals surface area contributed by atoms with Crippen LogP contribution in [0.25, 0.3) is 0 Å². The van der Waals surface area contributed by atoms with Crippen molar-refractivity contribution in [1.29, 1.82) is 0 Å². The lowest BCUT2D eigenvalue weighted by molar-refractivity contribution is -0.358. The summed E-state index contributed by atoms with van der Waals surface area (Å²) in [5.41, 5.74) is -0.0151. The minimum Gasteiger partial charge on any atom is -0.613 e. The number of rotatable bonds is 4. The smallest absolute Gasteiger partial charge is 0.335 e. The summed E-state index contributed by atoms with van der Waals surface area (Å²) < 4.78 is 9.19. The second kappa shape index (κ2) is 5.46. The molecule has 0 aromatic rings. The molecule has 0 spiro atoms. The number of esters is 1. The number of hydrogen-bond acceptors (Lipinski definition) is 4. The molecule has 0 aromatic carbocycles. The van der Waals surface area contributed by atoms with Gasteiger partial charge in [0.25, 0.3) is 0 Å². The molecular formula is C8H13O4-. The highest BCUT2D eigenvalue weighted by molar-refractivity contribution is 5.87. The molecule has 0 amide bonds. The molecule has 0 N–H and O–H groups in total. The molecule has 0 bridgehead atoms. The fraction of sp³-hybridized carbons (Fsp3) is 0.625. The first kappa shape index (κ1) is 10.8. The summed E-state index contributed by atoms with van der Waals surface area (Å²) in [6.45, 7) is 5.26. The SMILES string of the molecule is CCOC(=O)/C(C)=C(/[O-])OCC. The first-order valence-corrected chi connectivity index (χ1v) is 3.81. The van der Waals surface area contributed by atoms with E-state index in [1.165, 1.54) is 6.92 Å². The van der Waals surface area contributed by atoms with Gasteiger partial charge in [0, 0.05) is 0 Å². The van der Waals surface area contributed by atoms with Crippen LogP contribution >= 0.6 is 0 Å². The van der Waals surface area contributed by atoms with Gasteiger partial charge in [-0.2, -0.15) is 0 Å². The summed E-state index contributed by atoms with van der Waals surface area (Å²) in [6.07, 6.45) is 0. The van der Waals surface area contributed by atoms with Crippen molar-refractivity contribution in [3.05, 3.63) is 11.5 Å². The molecule has 0 radical (unpaired) electrons. The summed E-state index contributed by atoms with van der Waals surface area (Å²) in [7, 11) is 0. The van der Waals surface area contributed by atoms with Crippen molar-refractivity contribution in [2.75, 3.05) is 13.2 Å². The van der Waals surface area contributed by atoms with Crippen LogP contribution in [0.15, 0.2) is 11.5 Å². The van der Waals surface area contributed by atoms with Crippen LogP contribution < -0.4 is 5.11 Å². The van der Waals surface area contributed by atoms with E-state index >= 15 is 0 Å². The molecule has 0 saturated carbocycles. The van der Waals surface area contributed by atoms with Crippen molar-refractivity contribution in [3.8, 4) is 0 Å². The molecule has 0 aliphatic carbocycles. The predicted octanol–water partition coefficient (Wildman–Crippen LogP) is 0.178. The Labute approximate surface area is 71.8 Å². The van der Waals surface area contributed by atoms with Crippen molar-refractivity contribution in [3.63, 3.8) is 0 Å². The van der Waals surface area contributed by atoms with Gasteiger partial charge < -0.3 is 14.6 Å². The molecular weight excluding hydrogens is 160 g/mol. The van der Waals surface area contributed by atoms with E-state index in [1.807, 2.05) is 0 Å². The van der Waals surface area contributed by atoms with Crippen LogP contribution in [0.5, 0.6) is 0 Å². The highest BCUT2D eigenvalue weighted by atomic mass is 16.6. The van der Waals surface area contributed by atoms with Crippen LogP contribution in [0.3, 0.4) is 0 Å². The molecule has 4 heteroatoms. The molecule has 0 saturated heterocycles. The van der Waals surface area contributed by atoms with Gasteiger partial charge in [-0.1, -0.05) is 6.92 Å². The third-order valence-electron chi connectivity index (χ3n) is 1.16. The average Bonchev–Trinajstić information content (AvgIpc) is 2.04. The van der Waals surface area contributed by atoms with E-state index in [0.29, 0.717) is 0 Å². The number of carbonyl (C=O) groups excluding carboxylic acids is 1. The summed E-state index contributed by atoms with van der Waals surface area (Å²) in [4.78, 5) is 10.9. The Kier molecular flexibility index (Phi) is 4.92. The lowest BCUT2D eigenvalue weighted by Crippen LogP contribution is -2.16. The zero-order valence-electron chi connectivity index (χ0n) is 7.55. The second-order valence-corrected chi connectivity index (χ2v) is 2.07. The van der Waals surface area contributed by atoms with Gasteiger partial charge in [-0.25, -0.2) is 4.79 Å². The van der Waals surface area contributed by atoms with E-state index < -0.39 is 11.9 Å². The third kappa shape index (κ3) is 3.27. The van der Waals surface area contributed by atoms with Gasteiger partial charge in [-0.05, 0) is 20.5 Å². The van der Waals surface area contributed by atoms with Crippen molar-refractivity contribution >= 4 is 5.97 Å². The molecule has 4 nitrogen and oxygen atoms in total. The summed E-state index contributed by atoms with van der Waals surface area (Å²) in [5.74, 6) is -1.23. The van der Waals surface area contributed by atoms with Crippen molar-refractivity contribution in [2.45, 2.75) is 20.8 Å². The van der Waals surface area contributed by atoms with Gasteiger partial charge in [0.05, 0.1) is 18.1 Å². The Bertz CT molecular complexity index is 183. The summed E-state index contributed by atoms with van der Waals surface area (Å²) >= 11 is 0. The Morgan fingerprint density at radius 3 is 2.17 bits per heavy atom. The van der Waals surface area contributed by atoms with Gasteiger partial charge >= 0.3 is 5.97 Å². The van der Waals surface area contributed by atoms with E-state index in [4.69, 9.17) is 0 Å². The van der Waals surface area contributed by atoms with Crippen LogP contribution in [-0.4, -0.2) is 19.2 Å². The Morgan fingerprint density at radius 1 is 1.25 bits per heavy atom. The molecule has 0 unspecified atom stereocenters. The number of hydrogen-bond donors (Lipinski definition) is 0. The third-order valence-corrected chi connectivity index (χ3v) is 1.16. The maximum atomic E-state index is 10.9. The fourth-order valence-electron chi connectivity index (χ4n) is 0.562. The van der Waals surface area contributed by atoms with E-state index in [9.17, 15) is 9.90 Å². The first-order valence-electron chi connectivity index (χ1n) is 3.81. The van der Waals surface area contributed by atoms with E-state index in [0.717, 1.165) is 0 Å². The monoisotopic (exact) mass is 173 g/mol. The van der Waals surface area contributed by atoms with Crippen LogP contribution in [0.1, 0.15) is 20.8 Å². The molecule has 0 rings (SSSR count). The average molecular weight is 173 g/mol. The number of carbonyl (C=O) groups is 1. The predicted molar refractivity (Wildman–Crippen MR) is 41.0 cm³/mol. The van der Waals surface area contributed by atoms with Gasteiger partial charge in [0.2, 0.25) is 0 Å². The molecule has 0 atom stereocenters. The zero-order chi connectivity index (χ0) is 9.56. The Morgan fingerprint density at radius 2 is 1.75 bits per heavy atom. The highest BCUT2D eigenvalue weighted by Gasteiger charge is 2.05. The zero-order valence-corrected chi connectivity index (χ0v) is 7.55. The fourth-order valence-corrected chi connectivity index (χ4v) is 0.562. The van der Waals surface area contributed by atoms with Crippen LogP contribution in [0, 0.1) is 0 Å². The first-order chi connectivity index (χ1) is 5.63. The van der Waals surface area contributed by atoms with Crippen molar-refractivity contribution in [1.82, 2.24) is 0 Å². The summed E-state index contributed by atoms with van der Waals surface area (Å²) in [5, 5.41) is 10.9. The molecule has 12 heavy (non-hydrogen) atoms. The second-order valence-electron chi connectivity index (χ2n) is 2.07. The van der Waals surface area contributed by atoms with Gasteiger partial charge in [0.15, 0.2) is 0 Å². The van der Waals surface area contributed by atoms with Gasteiger partial charge in [-0.3, -0.25) is 0 Å². The highest BCUT2D eigenvalue weighted by Crippen LogP contribution is 2.01.